The number of hydrogen-bond donors (Lipinski definition) is 1. The van der Waals surface area contributed by atoms with Crippen molar-refractivity contribution in [1.29, 1.82) is 0 Å². The molecule has 8 nitrogen and oxygen atoms in total. The number of rotatable bonds is 14. The van der Waals surface area contributed by atoms with Crippen LogP contribution in [0.5, 0.6) is 5.75 Å². The van der Waals surface area contributed by atoms with Crippen LogP contribution in [0.15, 0.2) is 78.9 Å². The smallest absolute Gasteiger partial charge is 0.416 e. The van der Waals surface area contributed by atoms with E-state index in [0.717, 1.165) is 72.0 Å². The molecule has 2 amide bonds. The number of anilines is 1. The maximum Gasteiger partial charge on any atom is 0.416 e. The van der Waals surface area contributed by atoms with Gasteiger partial charge in [0.15, 0.2) is 0 Å². The van der Waals surface area contributed by atoms with Gasteiger partial charge in [0.05, 0.1) is 24.6 Å². The van der Waals surface area contributed by atoms with Crippen molar-refractivity contribution in [3.05, 3.63) is 95.6 Å². The number of ether oxygens (including phenoxy) is 1. The van der Waals surface area contributed by atoms with E-state index in [1.54, 1.807) is 18.2 Å². The third-order valence-electron chi connectivity index (χ3n) is 8.32. The lowest BCUT2D eigenvalue weighted by Crippen LogP contribution is -2.52. The Hall–Kier alpha value is -4.06. The summed E-state index contributed by atoms with van der Waals surface area (Å²) in [6.45, 7) is -0.133. The van der Waals surface area contributed by atoms with Gasteiger partial charge in [-0.3, -0.25) is 13.9 Å². The molecule has 47 heavy (non-hydrogen) atoms. The summed E-state index contributed by atoms with van der Waals surface area (Å²) in [7, 11) is -2.44. The molecule has 3 aromatic rings. The van der Waals surface area contributed by atoms with E-state index in [4.69, 9.17) is 4.74 Å². The number of carbonyl (C=O) groups excluding carboxylic acids is 2. The van der Waals surface area contributed by atoms with Crippen molar-refractivity contribution in [3.8, 4) is 5.75 Å². The van der Waals surface area contributed by atoms with E-state index in [0.29, 0.717) is 5.75 Å². The molecule has 4 rings (SSSR count). The van der Waals surface area contributed by atoms with Crippen LogP contribution in [0.3, 0.4) is 0 Å². The second-order valence-electron chi connectivity index (χ2n) is 11.9. The maximum absolute atomic E-state index is 14.1. The Balaban J connectivity index is 1.61. The van der Waals surface area contributed by atoms with Crippen LogP contribution in [0.25, 0.3) is 0 Å². The van der Waals surface area contributed by atoms with Crippen LogP contribution in [-0.4, -0.2) is 57.1 Å². The fourth-order valence-corrected chi connectivity index (χ4v) is 6.86. The molecule has 1 aliphatic rings. The van der Waals surface area contributed by atoms with E-state index < -0.39 is 27.8 Å². The summed E-state index contributed by atoms with van der Waals surface area (Å²) in [5.74, 6) is -0.0604. The summed E-state index contributed by atoms with van der Waals surface area (Å²) >= 11 is 0. The highest BCUT2D eigenvalue weighted by Crippen LogP contribution is 2.32. The fourth-order valence-electron chi connectivity index (χ4n) is 5.91. The average molecular weight is 674 g/mol. The maximum atomic E-state index is 14.1. The molecule has 1 saturated carbocycles. The zero-order valence-electron chi connectivity index (χ0n) is 26.7. The van der Waals surface area contributed by atoms with Crippen molar-refractivity contribution in [2.24, 2.45) is 0 Å². The number of nitrogens with one attached hydrogen (secondary N) is 1. The highest BCUT2D eigenvalue weighted by molar-refractivity contribution is 7.92. The SMILES string of the molecule is COc1cccc(CN(C(=O)CCCN(c2cccc(C(F)(F)F)c2)S(C)(=O)=O)C(Cc2ccccc2)C(=O)NC2CCCCC2)c1. The van der Waals surface area contributed by atoms with Crippen LogP contribution in [-0.2, 0) is 38.8 Å². The summed E-state index contributed by atoms with van der Waals surface area (Å²) in [5, 5.41) is 3.18. The first-order valence-corrected chi connectivity index (χ1v) is 17.6. The Bertz CT molecular complexity index is 1600. The van der Waals surface area contributed by atoms with E-state index >= 15 is 0 Å². The molecular formula is C35H42F3N3O5S. The van der Waals surface area contributed by atoms with Crippen LogP contribution >= 0.6 is 0 Å². The minimum Gasteiger partial charge on any atom is -0.497 e. The molecule has 1 atom stereocenters. The third kappa shape index (κ3) is 10.5. The van der Waals surface area contributed by atoms with E-state index in [9.17, 15) is 31.2 Å². The Morgan fingerprint density at radius 3 is 2.28 bits per heavy atom. The second kappa shape index (κ2) is 16.2. The number of nitrogens with zero attached hydrogens (tertiary/aromatic N) is 2. The molecular weight excluding hydrogens is 631 g/mol. The molecule has 254 valence electrons. The van der Waals surface area contributed by atoms with Gasteiger partial charge in [-0.25, -0.2) is 8.42 Å². The molecule has 1 unspecified atom stereocenters. The molecule has 0 bridgehead atoms. The average Bonchev–Trinajstić information content (AvgIpc) is 3.04. The molecule has 3 aromatic carbocycles. The number of sulfonamides is 1. The Labute approximate surface area is 275 Å². The van der Waals surface area contributed by atoms with Gasteiger partial charge in [0.2, 0.25) is 21.8 Å². The Kier molecular flexibility index (Phi) is 12.3. The number of benzene rings is 3. The van der Waals surface area contributed by atoms with Gasteiger partial charge >= 0.3 is 6.18 Å². The number of alkyl halides is 3. The van der Waals surface area contributed by atoms with Gasteiger partial charge in [-0.05, 0) is 60.7 Å². The predicted molar refractivity (Wildman–Crippen MR) is 175 cm³/mol. The van der Waals surface area contributed by atoms with E-state index in [1.807, 2.05) is 36.4 Å². The highest BCUT2D eigenvalue weighted by atomic mass is 32.2. The molecule has 12 heteroatoms. The first kappa shape index (κ1) is 35.8. The van der Waals surface area contributed by atoms with Gasteiger partial charge in [0.25, 0.3) is 0 Å². The first-order chi connectivity index (χ1) is 22.3. The Morgan fingerprint density at radius 1 is 0.936 bits per heavy atom. The van der Waals surface area contributed by atoms with Gasteiger partial charge in [0, 0.05) is 32.0 Å². The van der Waals surface area contributed by atoms with Crippen molar-refractivity contribution in [2.75, 3.05) is 24.2 Å². The van der Waals surface area contributed by atoms with Crippen molar-refractivity contribution < 1.29 is 35.9 Å². The molecule has 0 aliphatic heterocycles. The van der Waals surface area contributed by atoms with Crippen LogP contribution in [0.2, 0.25) is 0 Å². The molecule has 1 N–H and O–H groups in total. The normalized spacial score (nSPS) is 14.7. The number of hydrogen-bond acceptors (Lipinski definition) is 5. The molecule has 0 heterocycles. The molecule has 0 aromatic heterocycles. The molecule has 0 radical (unpaired) electrons. The van der Waals surface area contributed by atoms with E-state index in [-0.39, 0.29) is 55.9 Å². The van der Waals surface area contributed by atoms with Crippen LogP contribution in [0.4, 0.5) is 18.9 Å². The van der Waals surface area contributed by atoms with Crippen molar-refractivity contribution in [3.63, 3.8) is 0 Å². The van der Waals surface area contributed by atoms with Crippen molar-refractivity contribution in [2.45, 2.75) is 76.2 Å². The highest BCUT2D eigenvalue weighted by Gasteiger charge is 2.33. The molecule has 1 fully saturated rings. The summed E-state index contributed by atoms with van der Waals surface area (Å²) in [5.41, 5.74) is 0.490. The third-order valence-corrected chi connectivity index (χ3v) is 9.52. The number of methoxy groups -OCH3 is 1. The zero-order valence-corrected chi connectivity index (χ0v) is 27.5. The number of halogens is 3. The van der Waals surface area contributed by atoms with Gasteiger partial charge < -0.3 is 15.0 Å². The predicted octanol–water partition coefficient (Wildman–Crippen LogP) is 6.35. The van der Waals surface area contributed by atoms with Gasteiger partial charge in [0.1, 0.15) is 11.8 Å². The minimum atomic E-state index is -4.65. The van der Waals surface area contributed by atoms with Crippen LogP contribution < -0.4 is 14.4 Å². The van der Waals surface area contributed by atoms with Gasteiger partial charge in [-0.1, -0.05) is 67.8 Å². The summed E-state index contributed by atoms with van der Waals surface area (Å²) in [6.07, 6.45) is 1.27. The van der Waals surface area contributed by atoms with Crippen molar-refractivity contribution >= 4 is 27.5 Å². The summed E-state index contributed by atoms with van der Waals surface area (Å²) in [4.78, 5) is 29.6. The zero-order chi connectivity index (χ0) is 34.0. The first-order valence-electron chi connectivity index (χ1n) is 15.8. The molecule has 0 saturated heterocycles. The standard InChI is InChI=1S/C35H42F3N3O5S/c1-46-31-19-9-14-27(22-31)25-40(32(23-26-12-5-3-6-13-26)34(43)39-29-16-7-4-8-17-29)33(42)20-11-21-41(47(2,44)45)30-18-10-15-28(24-30)35(36,37)38/h3,5-6,9-10,12-15,18-19,22,24,29,32H,4,7-8,11,16-17,20-21,23,25H2,1-2H3,(H,39,43). The Morgan fingerprint density at radius 2 is 1.62 bits per heavy atom. The monoisotopic (exact) mass is 673 g/mol. The fraction of sp³-hybridized carbons (Fsp3) is 0.429. The summed E-state index contributed by atoms with van der Waals surface area (Å²) < 4.78 is 71.8. The largest absolute Gasteiger partial charge is 0.497 e. The van der Waals surface area contributed by atoms with E-state index in [2.05, 4.69) is 5.32 Å². The van der Waals surface area contributed by atoms with Crippen LogP contribution in [0, 0.1) is 0 Å². The topological polar surface area (TPSA) is 96.0 Å². The van der Waals surface area contributed by atoms with Gasteiger partial charge in [-0.2, -0.15) is 13.2 Å². The molecule has 0 spiro atoms. The minimum absolute atomic E-state index is 0.0130. The lowest BCUT2D eigenvalue weighted by atomic mass is 9.94. The molecule has 1 aliphatic carbocycles. The summed E-state index contributed by atoms with van der Waals surface area (Å²) in [6, 6.07) is 19.8. The second-order valence-corrected chi connectivity index (χ2v) is 13.8. The van der Waals surface area contributed by atoms with Crippen LogP contribution in [0.1, 0.15) is 61.6 Å². The van der Waals surface area contributed by atoms with Gasteiger partial charge in [-0.15, -0.1) is 0 Å². The lowest BCUT2D eigenvalue weighted by Gasteiger charge is -2.34. The number of carbonyl (C=O) groups is 2. The van der Waals surface area contributed by atoms with Crippen molar-refractivity contribution in [1.82, 2.24) is 10.2 Å². The van der Waals surface area contributed by atoms with E-state index in [1.165, 1.54) is 18.1 Å². The quantitative estimate of drug-likeness (QED) is 0.215. The lowest BCUT2D eigenvalue weighted by molar-refractivity contribution is -0.141. The number of amides is 2.